The van der Waals surface area contributed by atoms with Crippen molar-refractivity contribution in [2.24, 2.45) is 0 Å². The Balaban J connectivity index is 3.27. The van der Waals surface area contributed by atoms with E-state index >= 15 is 0 Å². The zero-order chi connectivity index (χ0) is 10.6. The van der Waals surface area contributed by atoms with E-state index in [-0.39, 0.29) is 0 Å². The summed E-state index contributed by atoms with van der Waals surface area (Å²) in [6, 6.07) is 4.42. The van der Waals surface area contributed by atoms with E-state index in [0.29, 0.717) is 0 Å². The van der Waals surface area contributed by atoms with Crippen LogP contribution in [0.15, 0.2) is 22.7 Å². The van der Waals surface area contributed by atoms with Crippen molar-refractivity contribution in [3.8, 4) is 0 Å². The normalized spacial score (nSPS) is 11.1. The summed E-state index contributed by atoms with van der Waals surface area (Å²) < 4.78 is 1.26. The van der Waals surface area contributed by atoms with Crippen LogP contribution >= 0.6 is 15.9 Å². The highest BCUT2D eigenvalue weighted by Gasteiger charge is 2.06. The van der Waals surface area contributed by atoms with Crippen molar-refractivity contribution < 1.29 is 0 Å². The van der Waals surface area contributed by atoms with Crippen molar-refractivity contribution in [2.75, 3.05) is 0 Å². The van der Waals surface area contributed by atoms with E-state index in [1.165, 1.54) is 21.2 Å². The van der Waals surface area contributed by atoms with Gasteiger partial charge >= 0.3 is 0 Å². The van der Waals surface area contributed by atoms with Crippen molar-refractivity contribution in [3.05, 3.63) is 39.4 Å². The second kappa shape index (κ2) is 5.35. The van der Waals surface area contributed by atoms with Gasteiger partial charge in [-0.3, -0.25) is 0 Å². The highest BCUT2D eigenvalue weighted by Crippen LogP contribution is 2.27. The lowest BCUT2D eigenvalue weighted by Crippen LogP contribution is -1.94. The lowest BCUT2D eigenvalue weighted by Gasteiger charge is -2.10. The van der Waals surface area contributed by atoms with E-state index in [1.54, 1.807) is 0 Å². The molecule has 0 aliphatic carbocycles. The highest BCUT2D eigenvalue weighted by atomic mass is 79.9. The minimum absolute atomic E-state index is 1.09. The molecule has 1 aromatic carbocycles. The smallest absolute Gasteiger partial charge is 0.0282 e. The maximum absolute atomic E-state index is 3.68. The van der Waals surface area contributed by atoms with Crippen LogP contribution in [-0.2, 0) is 12.8 Å². The van der Waals surface area contributed by atoms with Crippen LogP contribution in [0.3, 0.4) is 0 Å². The van der Waals surface area contributed by atoms with E-state index in [0.717, 1.165) is 12.8 Å². The summed E-state index contributed by atoms with van der Waals surface area (Å²) in [6.07, 6.45) is 6.42. The van der Waals surface area contributed by atoms with Gasteiger partial charge in [-0.2, -0.15) is 0 Å². The average molecular weight is 253 g/mol. The summed E-state index contributed by atoms with van der Waals surface area (Å²) in [4.78, 5) is 0. The van der Waals surface area contributed by atoms with Gasteiger partial charge in [-0.1, -0.05) is 38.1 Å². The molecule has 14 heavy (non-hydrogen) atoms. The Kier molecular flexibility index (Phi) is 4.40. The number of hydrogen-bond acceptors (Lipinski definition) is 0. The molecule has 0 amide bonds. The highest BCUT2D eigenvalue weighted by molar-refractivity contribution is 9.10. The van der Waals surface area contributed by atoms with Crippen molar-refractivity contribution >= 4 is 22.0 Å². The molecule has 0 nitrogen and oxygen atoms in total. The first-order chi connectivity index (χ1) is 6.74. The number of aryl methyl sites for hydroxylation is 1. The van der Waals surface area contributed by atoms with Gasteiger partial charge in [0.25, 0.3) is 0 Å². The maximum atomic E-state index is 3.68. The monoisotopic (exact) mass is 252 g/mol. The molecule has 1 rings (SSSR count). The molecule has 0 saturated carbocycles. The predicted octanol–water partition coefficient (Wildman–Crippen LogP) is 4.61. The van der Waals surface area contributed by atoms with Crippen molar-refractivity contribution in [1.82, 2.24) is 0 Å². The predicted molar refractivity (Wildman–Crippen MR) is 67.6 cm³/mol. The topological polar surface area (TPSA) is 0 Å². The van der Waals surface area contributed by atoms with Crippen LogP contribution in [-0.4, -0.2) is 0 Å². The lowest BCUT2D eigenvalue weighted by molar-refractivity contribution is 1.03. The minimum Gasteiger partial charge on any atom is -0.0870 e. The van der Waals surface area contributed by atoms with Gasteiger partial charge in [0.1, 0.15) is 0 Å². The molecule has 1 aromatic rings. The van der Waals surface area contributed by atoms with E-state index in [4.69, 9.17) is 0 Å². The summed E-state index contributed by atoms with van der Waals surface area (Å²) in [7, 11) is 0. The molecule has 0 aliphatic heterocycles. The third-order valence-electron chi connectivity index (χ3n) is 2.45. The fourth-order valence-corrected chi connectivity index (χ4v) is 2.50. The molecule has 1 heteroatoms. The molecular formula is C13H17Br. The van der Waals surface area contributed by atoms with Gasteiger partial charge in [-0.15, -0.1) is 0 Å². The Hall–Kier alpha value is -0.560. The average Bonchev–Trinajstić information content (AvgIpc) is 2.21. The largest absolute Gasteiger partial charge is 0.0870 e. The first-order valence-corrected chi connectivity index (χ1v) is 5.96. The second-order valence-corrected chi connectivity index (χ2v) is 4.11. The molecule has 0 aliphatic rings. The molecule has 0 aromatic heterocycles. The van der Waals surface area contributed by atoms with Crippen LogP contribution in [0.25, 0.3) is 6.08 Å². The zero-order valence-electron chi connectivity index (χ0n) is 9.10. The first kappa shape index (κ1) is 11.5. The Morgan fingerprint density at radius 1 is 1.21 bits per heavy atom. The summed E-state index contributed by atoms with van der Waals surface area (Å²) in [5.74, 6) is 0. The van der Waals surface area contributed by atoms with Crippen LogP contribution in [0, 0.1) is 0 Å². The van der Waals surface area contributed by atoms with Gasteiger partial charge in [0.2, 0.25) is 0 Å². The molecule has 0 radical (unpaired) electrons. The molecule has 0 saturated heterocycles. The SMILES string of the molecule is C/C=C/c1ccc(CC)c(CC)c1Br. The standard InChI is InChI=1S/C13H17Br/c1-4-7-11-9-8-10(5-2)12(6-3)13(11)14/h4,7-9H,5-6H2,1-3H3/b7-4+. The van der Waals surface area contributed by atoms with Crippen LogP contribution in [0.1, 0.15) is 37.5 Å². The molecular weight excluding hydrogens is 236 g/mol. The Morgan fingerprint density at radius 3 is 2.43 bits per heavy atom. The van der Waals surface area contributed by atoms with Gasteiger partial charge in [-0.05, 0) is 52.4 Å². The molecule has 76 valence electrons. The number of allylic oxidation sites excluding steroid dienone is 1. The summed E-state index contributed by atoms with van der Waals surface area (Å²) in [5.41, 5.74) is 4.18. The summed E-state index contributed by atoms with van der Waals surface area (Å²) in [6.45, 7) is 6.46. The molecule has 0 spiro atoms. The van der Waals surface area contributed by atoms with Crippen LogP contribution in [0.2, 0.25) is 0 Å². The van der Waals surface area contributed by atoms with Gasteiger partial charge in [0.15, 0.2) is 0 Å². The van der Waals surface area contributed by atoms with E-state index in [2.05, 4.69) is 54.1 Å². The fraction of sp³-hybridized carbons (Fsp3) is 0.385. The lowest BCUT2D eigenvalue weighted by atomic mass is 10.00. The van der Waals surface area contributed by atoms with Gasteiger partial charge in [-0.25, -0.2) is 0 Å². The number of hydrogen-bond donors (Lipinski definition) is 0. The fourth-order valence-electron chi connectivity index (χ4n) is 1.70. The van der Waals surface area contributed by atoms with Crippen molar-refractivity contribution in [3.63, 3.8) is 0 Å². The van der Waals surface area contributed by atoms with Gasteiger partial charge < -0.3 is 0 Å². The quantitative estimate of drug-likeness (QED) is 0.738. The summed E-state index contributed by atoms with van der Waals surface area (Å²) >= 11 is 3.68. The number of rotatable bonds is 3. The van der Waals surface area contributed by atoms with Crippen molar-refractivity contribution in [2.45, 2.75) is 33.6 Å². The first-order valence-electron chi connectivity index (χ1n) is 5.17. The summed E-state index contributed by atoms with van der Waals surface area (Å²) in [5, 5.41) is 0. The number of halogens is 1. The molecule has 0 N–H and O–H groups in total. The zero-order valence-corrected chi connectivity index (χ0v) is 10.7. The van der Waals surface area contributed by atoms with Gasteiger partial charge in [0, 0.05) is 4.47 Å². The van der Waals surface area contributed by atoms with E-state index < -0.39 is 0 Å². The number of benzene rings is 1. The Bertz CT molecular complexity index is 337. The minimum atomic E-state index is 1.09. The van der Waals surface area contributed by atoms with Gasteiger partial charge in [0.05, 0.1) is 0 Å². The molecule has 0 heterocycles. The van der Waals surface area contributed by atoms with Crippen LogP contribution in [0.4, 0.5) is 0 Å². The van der Waals surface area contributed by atoms with Crippen molar-refractivity contribution in [1.29, 1.82) is 0 Å². The Labute approximate surface area is 95.2 Å². The molecule has 0 unspecified atom stereocenters. The van der Waals surface area contributed by atoms with Crippen LogP contribution in [0.5, 0.6) is 0 Å². The maximum Gasteiger partial charge on any atom is 0.0282 e. The van der Waals surface area contributed by atoms with Crippen LogP contribution < -0.4 is 0 Å². The Morgan fingerprint density at radius 2 is 1.93 bits per heavy atom. The molecule has 0 bridgehead atoms. The third-order valence-corrected chi connectivity index (χ3v) is 3.39. The molecule has 0 atom stereocenters. The second-order valence-electron chi connectivity index (χ2n) is 3.31. The third kappa shape index (κ3) is 2.27. The van der Waals surface area contributed by atoms with E-state index in [1.807, 2.05) is 6.92 Å². The molecule has 0 fully saturated rings. The van der Waals surface area contributed by atoms with E-state index in [9.17, 15) is 0 Å².